The van der Waals surface area contributed by atoms with Gasteiger partial charge in [-0.3, -0.25) is 9.78 Å². The van der Waals surface area contributed by atoms with Gasteiger partial charge in [0, 0.05) is 24.4 Å². The van der Waals surface area contributed by atoms with E-state index >= 15 is 0 Å². The highest BCUT2D eigenvalue weighted by atomic mass is 19.4. The number of halogens is 3. The lowest BCUT2D eigenvalue weighted by Gasteiger charge is -2.19. The van der Waals surface area contributed by atoms with Crippen molar-refractivity contribution in [1.82, 2.24) is 15.6 Å². The summed E-state index contributed by atoms with van der Waals surface area (Å²) in [5.74, 6) is 0.493. The number of alkyl carbamates (subject to hydrolysis) is 1. The van der Waals surface area contributed by atoms with Crippen molar-refractivity contribution in [2.24, 2.45) is 0 Å². The van der Waals surface area contributed by atoms with E-state index in [1.807, 2.05) is 6.07 Å². The van der Waals surface area contributed by atoms with Crippen LogP contribution in [0.25, 0.3) is 0 Å². The third kappa shape index (κ3) is 9.14. The number of pyridine rings is 1. The number of carbonyl (C=O) groups excluding carboxylic acids is 2. The Morgan fingerprint density at radius 3 is 2.38 bits per heavy atom. The van der Waals surface area contributed by atoms with Crippen LogP contribution in [0.4, 0.5) is 18.0 Å². The quantitative estimate of drug-likeness (QED) is 0.391. The van der Waals surface area contributed by atoms with Gasteiger partial charge in [0.1, 0.15) is 17.1 Å². The zero-order valence-corrected chi connectivity index (χ0v) is 20.7. The number of nitrogens with zero attached hydrogens (tertiary/aromatic N) is 1. The normalized spacial score (nSPS) is 11.5. The summed E-state index contributed by atoms with van der Waals surface area (Å²) in [5, 5.41) is 5.28. The lowest BCUT2D eigenvalue weighted by molar-refractivity contribution is -0.137. The molecule has 1 heterocycles. The number of alkyl halides is 3. The van der Waals surface area contributed by atoms with Gasteiger partial charge in [-0.1, -0.05) is 18.2 Å². The van der Waals surface area contributed by atoms with Gasteiger partial charge < -0.3 is 20.1 Å². The highest BCUT2D eigenvalue weighted by Crippen LogP contribution is 2.29. The molecular formula is C27H28F3N3O4. The molecule has 10 heteroatoms. The van der Waals surface area contributed by atoms with Crippen LogP contribution in [0.15, 0.2) is 66.9 Å². The zero-order chi connectivity index (χ0) is 27.1. The Labute approximate surface area is 213 Å². The highest BCUT2D eigenvalue weighted by molar-refractivity contribution is 5.94. The molecule has 196 valence electrons. The molecular weight excluding hydrogens is 487 g/mol. The lowest BCUT2D eigenvalue weighted by atomic mass is 10.1. The van der Waals surface area contributed by atoms with E-state index in [4.69, 9.17) is 9.47 Å². The van der Waals surface area contributed by atoms with E-state index in [2.05, 4.69) is 15.6 Å². The van der Waals surface area contributed by atoms with Gasteiger partial charge in [-0.25, -0.2) is 4.79 Å². The number of ether oxygens (including phenoxy) is 2. The predicted molar refractivity (Wildman–Crippen MR) is 131 cm³/mol. The molecule has 0 saturated carbocycles. The second kappa shape index (κ2) is 11.8. The minimum Gasteiger partial charge on any atom is -0.457 e. The second-order valence-corrected chi connectivity index (χ2v) is 9.17. The summed E-state index contributed by atoms with van der Waals surface area (Å²) in [5.41, 5.74) is -0.0833. The largest absolute Gasteiger partial charge is 0.457 e. The van der Waals surface area contributed by atoms with Crippen LogP contribution < -0.4 is 15.4 Å². The first-order chi connectivity index (χ1) is 17.4. The van der Waals surface area contributed by atoms with Crippen molar-refractivity contribution in [1.29, 1.82) is 0 Å². The maximum absolute atomic E-state index is 12.9. The van der Waals surface area contributed by atoms with E-state index in [0.29, 0.717) is 23.6 Å². The first kappa shape index (κ1) is 27.5. The molecule has 3 rings (SSSR count). The summed E-state index contributed by atoms with van der Waals surface area (Å²) in [6.45, 7) is 5.72. The lowest BCUT2D eigenvalue weighted by Crippen LogP contribution is -2.32. The summed E-state index contributed by atoms with van der Waals surface area (Å²) < 4.78 is 49.7. The van der Waals surface area contributed by atoms with Crippen LogP contribution >= 0.6 is 0 Å². The van der Waals surface area contributed by atoms with E-state index < -0.39 is 29.3 Å². The fraction of sp³-hybridized carbons (Fsp3) is 0.296. The van der Waals surface area contributed by atoms with Gasteiger partial charge in [0.2, 0.25) is 0 Å². The number of aromatic nitrogens is 1. The molecule has 0 unspecified atom stereocenters. The average Bonchev–Trinajstić information content (AvgIpc) is 2.82. The van der Waals surface area contributed by atoms with Crippen LogP contribution in [-0.4, -0.2) is 29.1 Å². The van der Waals surface area contributed by atoms with E-state index in [9.17, 15) is 22.8 Å². The Bertz CT molecular complexity index is 1240. The highest BCUT2D eigenvalue weighted by Gasteiger charge is 2.30. The van der Waals surface area contributed by atoms with Gasteiger partial charge in [0.15, 0.2) is 0 Å². The molecule has 1 aromatic heterocycles. The minimum atomic E-state index is -4.51. The molecule has 37 heavy (non-hydrogen) atoms. The number of hydrogen-bond donors (Lipinski definition) is 2. The van der Waals surface area contributed by atoms with Crippen LogP contribution in [0, 0.1) is 0 Å². The number of benzene rings is 2. The summed E-state index contributed by atoms with van der Waals surface area (Å²) in [6.07, 6.45) is -3.05. The molecule has 7 nitrogen and oxygen atoms in total. The van der Waals surface area contributed by atoms with E-state index in [-0.39, 0.29) is 18.7 Å². The van der Waals surface area contributed by atoms with Crippen molar-refractivity contribution in [3.63, 3.8) is 0 Å². The summed E-state index contributed by atoms with van der Waals surface area (Å²) in [7, 11) is 0. The maximum atomic E-state index is 12.9. The molecule has 2 aromatic carbocycles. The molecule has 2 N–H and O–H groups in total. The van der Waals surface area contributed by atoms with Crippen molar-refractivity contribution < 1.29 is 32.2 Å². The molecule has 0 atom stereocenters. The van der Waals surface area contributed by atoms with Crippen LogP contribution in [0.1, 0.15) is 48.0 Å². The molecule has 0 aliphatic heterocycles. The van der Waals surface area contributed by atoms with Crippen molar-refractivity contribution in [3.05, 3.63) is 89.2 Å². The molecule has 0 aliphatic carbocycles. The van der Waals surface area contributed by atoms with Crippen molar-refractivity contribution >= 4 is 12.0 Å². The van der Waals surface area contributed by atoms with Gasteiger partial charge in [-0.2, -0.15) is 13.2 Å². The monoisotopic (exact) mass is 515 g/mol. The van der Waals surface area contributed by atoms with Gasteiger partial charge in [-0.15, -0.1) is 0 Å². The van der Waals surface area contributed by atoms with Gasteiger partial charge in [0.05, 0.1) is 17.8 Å². The number of amides is 2. The molecule has 0 fully saturated rings. The number of hydrogen-bond acceptors (Lipinski definition) is 5. The smallest absolute Gasteiger partial charge is 0.416 e. The third-order valence-electron chi connectivity index (χ3n) is 4.89. The summed E-state index contributed by atoms with van der Waals surface area (Å²) >= 11 is 0. The fourth-order valence-corrected chi connectivity index (χ4v) is 3.25. The molecule has 0 saturated heterocycles. The van der Waals surface area contributed by atoms with Crippen molar-refractivity contribution in [2.45, 2.75) is 45.5 Å². The third-order valence-corrected chi connectivity index (χ3v) is 4.89. The number of nitrogens with one attached hydrogen (secondary N) is 2. The standard InChI is InChI=1S/C27H28F3N3O4/c1-26(2,3)37-25(35)33-17-21-16-23(11-13-31-21)36-22-9-4-6-18(14-22)10-12-32-24(34)19-7-5-8-20(15-19)27(28,29)30/h4-9,11,13-16H,10,12,17H2,1-3H3,(H,32,34)(H,33,35). The van der Waals surface area contributed by atoms with Crippen LogP contribution in [0.2, 0.25) is 0 Å². The van der Waals surface area contributed by atoms with Crippen molar-refractivity contribution in [2.75, 3.05) is 6.54 Å². The first-order valence-corrected chi connectivity index (χ1v) is 11.5. The Balaban J connectivity index is 1.53. The summed E-state index contributed by atoms with van der Waals surface area (Å²) in [6, 6.07) is 14.9. The molecule has 3 aromatic rings. The number of rotatable bonds is 8. The van der Waals surface area contributed by atoms with Crippen LogP contribution in [-0.2, 0) is 23.9 Å². The summed E-state index contributed by atoms with van der Waals surface area (Å²) in [4.78, 5) is 28.3. The Hall–Kier alpha value is -4.08. The Kier molecular flexibility index (Phi) is 8.75. The zero-order valence-electron chi connectivity index (χ0n) is 20.7. The average molecular weight is 516 g/mol. The molecule has 0 radical (unpaired) electrons. The predicted octanol–water partition coefficient (Wildman–Crippen LogP) is 5.89. The Morgan fingerprint density at radius 2 is 1.65 bits per heavy atom. The van der Waals surface area contributed by atoms with E-state index in [1.54, 1.807) is 57.3 Å². The number of carbonyl (C=O) groups is 2. The molecule has 2 amide bonds. The van der Waals surface area contributed by atoms with Gasteiger partial charge in [0.25, 0.3) is 5.91 Å². The van der Waals surface area contributed by atoms with E-state index in [1.165, 1.54) is 12.1 Å². The first-order valence-electron chi connectivity index (χ1n) is 11.5. The molecule has 0 bridgehead atoms. The van der Waals surface area contributed by atoms with Crippen molar-refractivity contribution in [3.8, 4) is 11.5 Å². The van der Waals surface area contributed by atoms with Crippen LogP contribution in [0.3, 0.4) is 0 Å². The Morgan fingerprint density at radius 1 is 0.919 bits per heavy atom. The fourth-order valence-electron chi connectivity index (χ4n) is 3.25. The van der Waals surface area contributed by atoms with Gasteiger partial charge >= 0.3 is 12.3 Å². The molecule has 0 spiro atoms. The topological polar surface area (TPSA) is 89.5 Å². The minimum absolute atomic E-state index is 0.0541. The van der Waals surface area contributed by atoms with Gasteiger partial charge in [-0.05, 0) is 69.2 Å². The second-order valence-electron chi connectivity index (χ2n) is 9.17. The van der Waals surface area contributed by atoms with Crippen LogP contribution in [0.5, 0.6) is 11.5 Å². The van der Waals surface area contributed by atoms with E-state index in [0.717, 1.165) is 17.7 Å². The SMILES string of the molecule is CC(C)(C)OC(=O)NCc1cc(Oc2cccc(CCNC(=O)c3cccc(C(F)(F)F)c3)c2)ccn1. The maximum Gasteiger partial charge on any atom is 0.416 e. The molecule has 0 aliphatic rings.